The number of aromatic nitrogens is 4. The molecule has 0 atom stereocenters. The molecule has 0 aliphatic rings. The van der Waals surface area contributed by atoms with Crippen molar-refractivity contribution >= 4 is 49.7 Å². The van der Waals surface area contributed by atoms with E-state index in [-0.39, 0.29) is 17.6 Å². The van der Waals surface area contributed by atoms with Crippen molar-refractivity contribution in [3.8, 4) is 11.5 Å². The molecule has 2 aromatic carbocycles. The van der Waals surface area contributed by atoms with Gasteiger partial charge in [0.25, 0.3) is 5.91 Å². The monoisotopic (exact) mass is 479 g/mol. The van der Waals surface area contributed by atoms with Gasteiger partial charge in [0.2, 0.25) is 5.89 Å². The normalized spacial score (nSPS) is 11.4. The lowest BCUT2D eigenvalue weighted by molar-refractivity contribution is 0.102. The van der Waals surface area contributed by atoms with E-state index in [0.29, 0.717) is 38.0 Å². The van der Waals surface area contributed by atoms with E-state index in [1.54, 1.807) is 35.0 Å². The summed E-state index contributed by atoms with van der Waals surface area (Å²) in [7, 11) is 1.81. The Bertz CT molecular complexity index is 1490. The van der Waals surface area contributed by atoms with E-state index in [1.165, 1.54) is 18.3 Å². The molecular formula is C22H15BrFN5O2. The highest BCUT2D eigenvalue weighted by Gasteiger charge is 2.15. The van der Waals surface area contributed by atoms with Crippen LogP contribution in [0.3, 0.4) is 0 Å². The average Bonchev–Trinajstić information content (AvgIpc) is 3.29. The van der Waals surface area contributed by atoms with Crippen LogP contribution in [0.15, 0.2) is 57.6 Å². The number of halogens is 2. The van der Waals surface area contributed by atoms with Crippen LogP contribution in [0.1, 0.15) is 16.1 Å². The van der Waals surface area contributed by atoms with Crippen LogP contribution >= 0.6 is 15.9 Å². The van der Waals surface area contributed by atoms with E-state index in [2.05, 4.69) is 36.3 Å². The average molecular weight is 480 g/mol. The van der Waals surface area contributed by atoms with Gasteiger partial charge >= 0.3 is 0 Å². The van der Waals surface area contributed by atoms with Crippen LogP contribution in [0.2, 0.25) is 0 Å². The summed E-state index contributed by atoms with van der Waals surface area (Å²) in [6, 6.07) is 11.2. The summed E-state index contributed by atoms with van der Waals surface area (Å²) < 4.78 is 21.7. The number of hydrogen-bond acceptors (Lipinski definition) is 5. The largest absolute Gasteiger partial charge is 0.436 e. The Labute approximate surface area is 184 Å². The van der Waals surface area contributed by atoms with Crippen molar-refractivity contribution in [2.75, 3.05) is 5.32 Å². The summed E-state index contributed by atoms with van der Waals surface area (Å²) in [6.07, 6.45) is 1.52. The maximum absolute atomic E-state index is 13.6. The van der Waals surface area contributed by atoms with E-state index in [4.69, 9.17) is 4.42 Å². The predicted molar refractivity (Wildman–Crippen MR) is 118 cm³/mol. The Morgan fingerprint density at radius 1 is 1.19 bits per heavy atom. The van der Waals surface area contributed by atoms with E-state index >= 15 is 0 Å². The number of pyridine rings is 1. The van der Waals surface area contributed by atoms with Crippen LogP contribution < -0.4 is 5.32 Å². The number of rotatable bonds is 3. The third-order valence-electron chi connectivity index (χ3n) is 4.93. The predicted octanol–water partition coefficient (Wildman–Crippen LogP) is 5.24. The molecule has 154 valence electrons. The standard InChI is InChI=1S/C22H15BrFN5O2/c1-11-15-7-12(10-25-20(15)29(2)28-11)21(30)26-14-4-6-19-18(9-14)27-22(31-19)16-8-13(24)3-5-17(16)23/h3-10H,1-2H3,(H,26,30). The van der Waals surface area contributed by atoms with Gasteiger partial charge in [0.05, 0.1) is 16.8 Å². The van der Waals surface area contributed by atoms with E-state index < -0.39 is 0 Å². The Kier molecular flexibility index (Phi) is 4.55. The lowest BCUT2D eigenvalue weighted by Gasteiger charge is -2.05. The van der Waals surface area contributed by atoms with Crippen molar-refractivity contribution in [2.45, 2.75) is 6.92 Å². The zero-order valence-corrected chi connectivity index (χ0v) is 18.1. The summed E-state index contributed by atoms with van der Waals surface area (Å²) in [6.45, 7) is 1.87. The third-order valence-corrected chi connectivity index (χ3v) is 5.62. The fourth-order valence-electron chi connectivity index (χ4n) is 3.42. The molecule has 31 heavy (non-hydrogen) atoms. The summed E-state index contributed by atoms with van der Waals surface area (Å²) in [5, 5.41) is 8.00. The molecular weight excluding hydrogens is 465 g/mol. The first kappa shape index (κ1) is 19.4. The van der Waals surface area contributed by atoms with Gasteiger partial charge in [-0.2, -0.15) is 5.10 Å². The number of carbonyl (C=O) groups excluding carboxylic acids is 1. The quantitative estimate of drug-likeness (QED) is 0.382. The molecule has 3 heterocycles. The number of benzene rings is 2. The molecule has 5 aromatic rings. The lowest BCUT2D eigenvalue weighted by Crippen LogP contribution is -2.12. The Balaban J connectivity index is 1.45. The van der Waals surface area contributed by atoms with Gasteiger partial charge in [-0.15, -0.1) is 0 Å². The number of aryl methyl sites for hydroxylation is 2. The second-order valence-corrected chi connectivity index (χ2v) is 7.94. The summed E-state index contributed by atoms with van der Waals surface area (Å²) >= 11 is 3.39. The number of fused-ring (bicyclic) bond motifs is 2. The van der Waals surface area contributed by atoms with Crippen LogP contribution in [0, 0.1) is 12.7 Å². The maximum Gasteiger partial charge on any atom is 0.257 e. The molecule has 9 heteroatoms. The highest BCUT2D eigenvalue weighted by atomic mass is 79.9. The van der Waals surface area contributed by atoms with Crippen LogP contribution in [0.25, 0.3) is 33.6 Å². The van der Waals surface area contributed by atoms with Gasteiger partial charge < -0.3 is 9.73 Å². The topological polar surface area (TPSA) is 85.8 Å². The minimum absolute atomic E-state index is 0.284. The molecule has 0 radical (unpaired) electrons. The molecule has 0 saturated heterocycles. The summed E-state index contributed by atoms with van der Waals surface area (Å²) in [5.41, 5.74) is 4.08. The third kappa shape index (κ3) is 3.46. The van der Waals surface area contributed by atoms with Gasteiger partial charge in [-0.1, -0.05) is 0 Å². The SMILES string of the molecule is Cc1nn(C)c2ncc(C(=O)Nc3ccc4oc(-c5cc(F)ccc5Br)nc4c3)cc12. The second kappa shape index (κ2) is 7.28. The van der Waals surface area contributed by atoms with Crippen molar-refractivity contribution < 1.29 is 13.6 Å². The first-order valence-corrected chi connectivity index (χ1v) is 10.1. The minimum Gasteiger partial charge on any atom is -0.436 e. The highest BCUT2D eigenvalue weighted by Crippen LogP contribution is 2.31. The lowest BCUT2D eigenvalue weighted by atomic mass is 10.2. The van der Waals surface area contributed by atoms with Crippen LogP contribution in [-0.4, -0.2) is 25.7 Å². The van der Waals surface area contributed by atoms with Crippen LogP contribution in [0.5, 0.6) is 0 Å². The van der Waals surface area contributed by atoms with Crippen molar-refractivity contribution in [1.29, 1.82) is 0 Å². The molecule has 5 rings (SSSR count). The summed E-state index contributed by atoms with van der Waals surface area (Å²) in [5.74, 6) is -0.400. The number of hydrogen-bond donors (Lipinski definition) is 1. The molecule has 0 aliphatic carbocycles. The number of anilines is 1. The zero-order chi connectivity index (χ0) is 21.7. The van der Waals surface area contributed by atoms with Gasteiger partial charge in [0, 0.05) is 28.8 Å². The molecule has 0 spiro atoms. The first-order valence-electron chi connectivity index (χ1n) is 9.36. The summed E-state index contributed by atoms with van der Waals surface area (Å²) in [4.78, 5) is 21.5. The molecule has 0 unspecified atom stereocenters. The van der Waals surface area contributed by atoms with Gasteiger partial charge in [-0.25, -0.2) is 14.4 Å². The van der Waals surface area contributed by atoms with E-state index in [1.807, 2.05) is 14.0 Å². The Morgan fingerprint density at radius 2 is 2.03 bits per heavy atom. The number of nitrogens with zero attached hydrogens (tertiary/aromatic N) is 4. The number of oxazole rings is 1. The maximum atomic E-state index is 13.6. The van der Waals surface area contributed by atoms with Crippen molar-refractivity contribution in [3.63, 3.8) is 0 Å². The smallest absolute Gasteiger partial charge is 0.257 e. The van der Waals surface area contributed by atoms with Gasteiger partial charge in [0.1, 0.15) is 11.3 Å². The fraction of sp³-hybridized carbons (Fsp3) is 0.0909. The van der Waals surface area contributed by atoms with Gasteiger partial charge in [0.15, 0.2) is 11.2 Å². The van der Waals surface area contributed by atoms with Gasteiger partial charge in [-0.05, 0) is 65.3 Å². The molecule has 0 aliphatic heterocycles. The second-order valence-electron chi connectivity index (χ2n) is 7.08. The Hall–Kier alpha value is -3.59. The fourth-order valence-corrected chi connectivity index (χ4v) is 3.83. The molecule has 1 amide bonds. The molecule has 0 bridgehead atoms. The molecule has 0 fully saturated rings. The Morgan fingerprint density at radius 3 is 2.87 bits per heavy atom. The molecule has 0 saturated carbocycles. The number of amides is 1. The molecule has 1 N–H and O–H groups in total. The molecule has 3 aromatic heterocycles. The number of carbonyl (C=O) groups is 1. The van der Waals surface area contributed by atoms with Crippen molar-refractivity contribution in [2.24, 2.45) is 7.05 Å². The highest BCUT2D eigenvalue weighted by molar-refractivity contribution is 9.10. The first-order chi connectivity index (χ1) is 14.9. The van der Waals surface area contributed by atoms with E-state index in [0.717, 1.165) is 11.1 Å². The van der Waals surface area contributed by atoms with Crippen LogP contribution in [-0.2, 0) is 7.05 Å². The molecule has 7 nitrogen and oxygen atoms in total. The van der Waals surface area contributed by atoms with Crippen molar-refractivity contribution in [3.05, 3.63) is 70.2 Å². The van der Waals surface area contributed by atoms with Gasteiger partial charge in [-0.3, -0.25) is 9.48 Å². The minimum atomic E-state index is -0.386. The number of nitrogens with one attached hydrogen (secondary N) is 1. The van der Waals surface area contributed by atoms with Crippen LogP contribution in [0.4, 0.5) is 10.1 Å². The van der Waals surface area contributed by atoms with Crippen molar-refractivity contribution in [1.82, 2.24) is 19.7 Å². The zero-order valence-electron chi connectivity index (χ0n) is 16.5. The van der Waals surface area contributed by atoms with E-state index in [9.17, 15) is 9.18 Å².